The van der Waals surface area contributed by atoms with Crippen molar-refractivity contribution in [2.45, 2.75) is 6.10 Å². The van der Waals surface area contributed by atoms with Crippen LogP contribution in [0.2, 0.25) is 0 Å². The molecule has 0 aromatic carbocycles. The molecule has 0 aliphatic heterocycles. The van der Waals surface area contributed by atoms with E-state index in [1.54, 1.807) is 0 Å². The van der Waals surface area contributed by atoms with Crippen molar-refractivity contribution in [2.24, 2.45) is 0 Å². The van der Waals surface area contributed by atoms with E-state index in [0.717, 1.165) is 0 Å². The fourth-order valence-electron chi connectivity index (χ4n) is 0.354. The van der Waals surface area contributed by atoms with Crippen molar-refractivity contribution in [3.63, 3.8) is 0 Å². The lowest BCUT2D eigenvalue weighted by Gasteiger charge is -1.98. The standard InChI is InChI=1S/C6H8O5/c7-3-5(9)4(8)1-2-6(10)11/h1-2,5,7,9H,3H2,(H,10,11). The van der Waals surface area contributed by atoms with E-state index in [1.807, 2.05) is 0 Å². The maximum Gasteiger partial charge on any atom is 0.328 e. The lowest BCUT2D eigenvalue weighted by atomic mass is 10.2. The smallest absolute Gasteiger partial charge is 0.328 e. The summed E-state index contributed by atoms with van der Waals surface area (Å²) in [5.74, 6) is -2.10. The van der Waals surface area contributed by atoms with Crippen LogP contribution in [0, 0.1) is 0 Å². The zero-order chi connectivity index (χ0) is 8.85. The first-order valence-corrected chi connectivity index (χ1v) is 2.81. The summed E-state index contributed by atoms with van der Waals surface area (Å²) in [6.45, 7) is -0.706. The molecule has 0 bridgehead atoms. The zero-order valence-electron chi connectivity index (χ0n) is 5.60. The molecule has 0 rings (SSSR count). The van der Waals surface area contributed by atoms with Crippen LogP contribution in [0.15, 0.2) is 12.2 Å². The van der Waals surface area contributed by atoms with Crippen LogP contribution in [0.5, 0.6) is 0 Å². The molecule has 0 amide bonds. The first-order chi connectivity index (χ1) is 5.07. The Morgan fingerprint density at radius 3 is 2.27 bits per heavy atom. The summed E-state index contributed by atoms with van der Waals surface area (Å²) in [6.07, 6.45) is -0.227. The van der Waals surface area contributed by atoms with Gasteiger partial charge in [0.25, 0.3) is 0 Å². The minimum Gasteiger partial charge on any atom is -0.478 e. The van der Waals surface area contributed by atoms with Crippen molar-refractivity contribution in [3.05, 3.63) is 12.2 Å². The predicted molar refractivity (Wildman–Crippen MR) is 34.9 cm³/mol. The van der Waals surface area contributed by atoms with E-state index < -0.39 is 24.5 Å². The maximum atomic E-state index is 10.5. The van der Waals surface area contributed by atoms with Gasteiger partial charge in [0.1, 0.15) is 6.10 Å². The number of aliphatic hydroxyl groups excluding tert-OH is 2. The summed E-state index contributed by atoms with van der Waals surface area (Å²) in [7, 11) is 0. The topological polar surface area (TPSA) is 94.8 Å². The number of carboxylic acid groups (broad SMARTS) is 1. The van der Waals surface area contributed by atoms with Gasteiger partial charge < -0.3 is 15.3 Å². The number of aliphatic hydroxyl groups is 2. The van der Waals surface area contributed by atoms with Gasteiger partial charge >= 0.3 is 5.97 Å². The second kappa shape index (κ2) is 4.59. The van der Waals surface area contributed by atoms with Gasteiger partial charge in [0.15, 0.2) is 5.78 Å². The molecule has 11 heavy (non-hydrogen) atoms. The monoisotopic (exact) mass is 160 g/mol. The Bertz CT molecular complexity index is 183. The summed E-state index contributed by atoms with van der Waals surface area (Å²) in [4.78, 5) is 20.3. The fraction of sp³-hybridized carbons (Fsp3) is 0.333. The van der Waals surface area contributed by atoms with E-state index in [9.17, 15) is 9.59 Å². The van der Waals surface area contributed by atoms with Gasteiger partial charge in [0, 0.05) is 6.08 Å². The lowest BCUT2D eigenvalue weighted by molar-refractivity contribution is -0.132. The molecular formula is C6H8O5. The van der Waals surface area contributed by atoms with Gasteiger partial charge in [-0.3, -0.25) is 4.79 Å². The summed E-state index contributed by atoms with van der Waals surface area (Å²) in [5, 5.41) is 24.8. The van der Waals surface area contributed by atoms with Gasteiger partial charge in [-0.2, -0.15) is 0 Å². The van der Waals surface area contributed by atoms with Crippen LogP contribution in [-0.2, 0) is 9.59 Å². The van der Waals surface area contributed by atoms with Gasteiger partial charge in [-0.05, 0) is 6.08 Å². The normalized spacial score (nSPS) is 13.3. The second-order valence-corrected chi connectivity index (χ2v) is 1.77. The van der Waals surface area contributed by atoms with E-state index in [0.29, 0.717) is 12.2 Å². The van der Waals surface area contributed by atoms with Crippen LogP contribution in [0.3, 0.4) is 0 Å². The number of carbonyl (C=O) groups is 2. The number of aliphatic carboxylic acids is 1. The van der Waals surface area contributed by atoms with Crippen LogP contribution in [0.1, 0.15) is 0 Å². The third-order valence-corrected chi connectivity index (χ3v) is 0.892. The number of ketones is 1. The van der Waals surface area contributed by atoms with Gasteiger partial charge in [-0.25, -0.2) is 4.79 Å². The Morgan fingerprint density at radius 1 is 1.36 bits per heavy atom. The van der Waals surface area contributed by atoms with E-state index in [4.69, 9.17) is 15.3 Å². The number of carbonyl (C=O) groups excluding carboxylic acids is 1. The highest BCUT2D eigenvalue weighted by molar-refractivity contribution is 5.97. The van der Waals surface area contributed by atoms with E-state index >= 15 is 0 Å². The predicted octanol–water partition coefficient (Wildman–Crippen LogP) is -1.45. The summed E-state index contributed by atoms with van der Waals surface area (Å²) in [6, 6.07) is 0. The fourth-order valence-corrected chi connectivity index (χ4v) is 0.354. The molecule has 1 atom stereocenters. The molecule has 0 aliphatic carbocycles. The first-order valence-electron chi connectivity index (χ1n) is 2.81. The van der Waals surface area contributed by atoms with E-state index in [-0.39, 0.29) is 0 Å². The van der Waals surface area contributed by atoms with Gasteiger partial charge in [0.05, 0.1) is 6.61 Å². The molecule has 5 heteroatoms. The van der Waals surface area contributed by atoms with Gasteiger partial charge in [0.2, 0.25) is 0 Å². The van der Waals surface area contributed by atoms with E-state index in [2.05, 4.69) is 0 Å². The van der Waals surface area contributed by atoms with Gasteiger partial charge in [-0.15, -0.1) is 0 Å². The Kier molecular flexibility index (Phi) is 4.09. The highest BCUT2D eigenvalue weighted by Crippen LogP contribution is 1.86. The largest absolute Gasteiger partial charge is 0.478 e. The molecule has 0 aromatic heterocycles. The zero-order valence-corrected chi connectivity index (χ0v) is 5.60. The maximum absolute atomic E-state index is 10.5. The molecular weight excluding hydrogens is 152 g/mol. The van der Waals surface area contributed by atoms with Crippen molar-refractivity contribution >= 4 is 11.8 Å². The molecule has 0 radical (unpaired) electrons. The molecule has 0 spiro atoms. The molecule has 0 saturated carbocycles. The Hall–Kier alpha value is -1.20. The number of hydrogen-bond donors (Lipinski definition) is 3. The average Bonchev–Trinajstić information content (AvgIpc) is 1.98. The van der Waals surface area contributed by atoms with Gasteiger partial charge in [-0.1, -0.05) is 0 Å². The third-order valence-electron chi connectivity index (χ3n) is 0.892. The Labute approximate surface area is 62.6 Å². The highest BCUT2D eigenvalue weighted by Gasteiger charge is 2.09. The molecule has 3 N–H and O–H groups in total. The molecule has 0 aliphatic rings. The van der Waals surface area contributed by atoms with E-state index in [1.165, 1.54) is 0 Å². The molecule has 1 unspecified atom stereocenters. The molecule has 0 heterocycles. The molecule has 0 saturated heterocycles. The van der Waals surface area contributed by atoms with Crippen molar-refractivity contribution in [1.82, 2.24) is 0 Å². The van der Waals surface area contributed by atoms with Crippen molar-refractivity contribution in [1.29, 1.82) is 0 Å². The number of rotatable bonds is 4. The highest BCUT2D eigenvalue weighted by atomic mass is 16.4. The van der Waals surface area contributed by atoms with Crippen molar-refractivity contribution < 1.29 is 24.9 Å². The van der Waals surface area contributed by atoms with Crippen molar-refractivity contribution in [3.8, 4) is 0 Å². The van der Waals surface area contributed by atoms with Crippen LogP contribution in [0.25, 0.3) is 0 Å². The first kappa shape index (κ1) is 9.80. The molecule has 0 fully saturated rings. The Morgan fingerprint density at radius 2 is 1.91 bits per heavy atom. The number of carboxylic acids is 1. The van der Waals surface area contributed by atoms with Crippen LogP contribution in [-0.4, -0.2) is 39.8 Å². The van der Waals surface area contributed by atoms with Crippen LogP contribution in [0.4, 0.5) is 0 Å². The summed E-state index contributed by atoms with van der Waals surface area (Å²) < 4.78 is 0. The summed E-state index contributed by atoms with van der Waals surface area (Å²) >= 11 is 0. The quantitative estimate of drug-likeness (QED) is 0.437. The Balaban J connectivity index is 3.96. The molecule has 5 nitrogen and oxygen atoms in total. The minimum absolute atomic E-state index is 0.598. The van der Waals surface area contributed by atoms with Crippen molar-refractivity contribution in [2.75, 3.05) is 6.61 Å². The summed E-state index contributed by atoms with van der Waals surface area (Å²) in [5.41, 5.74) is 0. The van der Waals surface area contributed by atoms with Crippen LogP contribution < -0.4 is 0 Å². The molecule has 62 valence electrons. The minimum atomic E-state index is -1.52. The average molecular weight is 160 g/mol. The lowest BCUT2D eigenvalue weighted by Crippen LogP contribution is -2.22. The SMILES string of the molecule is O=C(O)C=CC(=O)C(O)CO. The van der Waals surface area contributed by atoms with Crippen LogP contribution >= 0.6 is 0 Å². The third kappa shape index (κ3) is 4.24. The molecule has 0 aromatic rings. The number of hydrogen-bond acceptors (Lipinski definition) is 4. The second-order valence-electron chi connectivity index (χ2n) is 1.77.